The van der Waals surface area contributed by atoms with Crippen molar-refractivity contribution < 1.29 is 8.42 Å². The van der Waals surface area contributed by atoms with Crippen molar-refractivity contribution in [3.05, 3.63) is 36.5 Å². The number of nitrogen functional groups attached to an aromatic ring is 1. The van der Waals surface area contributed by atoms with E-state index in [1.54, 1.807) is 6.07 Å². The summed E-state index contributed by atoms with van der Waals surface area (Å²) in [6.07, 6.45) is 0.839. The van der Waals surface area contributed by atoms with Gasteiger partial charge in [-0.2, -0.15) is 4.68 Å². The largest absolute Gasteiger partial charge is 0.398 e. The maximum absolute atomic E-state index is 12.0. The third kappa shape index (κ3) is 2.73. The van der Waals surface area contributed by atoms with Gasteiger partial charge in [0.25, 0.3) is 5.56 Å². The van der Waals surface area contributed by atoms with Crippen molar-refractivity contribution in [2.45, 2.75) is 0 Å². The van der Waals surface area contributed by atoms with Crippen LogP contribution in [0.3, 0.4) is 0 Å². The number of H-pyrrole nitrogens is 1. The average molecular weight is 396 g/mol. The van der Waals surface area contributed by atoms with Crippen LogP contribution >= 0.6 is 22.6 Å². The number of benzene rings is 1. The van der Waals surface area contributed by atoms with Crippen LogP contribution in [0.15, 0.2) is 21.7 Å². The number of halogens is 1. The number of aromatic amines is 1. The molecule has 0 saturated carbocycles. The van der Waals surface area contributed by atoms with E-state index in [0.29, 0.717) is 19.5 Å². The van der Waals surface area contributed by atoms with Crippen LogP contribution in [0.25, 0.3) is 10.9 Å². The smallest absolute Gasteiger partial charge is 0.348 e. The number of hydrogen-bond donors (Lipinski definition) is 3. The Kier molecular flexibility index (Phi) is 3.30. The van der Waals surface area contributed by atoms with Gasteiger partial charge < -0.3 is 10.7 Å². The molecule has 0 aliphatic rings. The van der Waals surface area contributed by atoms with Gasteiger partial charge in [-0.15, -0.1) is 0 Å². The number of nitrogens with zero attached hydrogens (tertiary/aromatic N) is 1. The quantitative estimate of drug-likeness (QED) is 0.461. The molecule has 0 atom stereocenters. The van der Waals surface area contributed by atoms with Crippen molar-refractivity contribution in [3.63, 3.8) is 0 Å². The number of anilines is 1. The van der Waals surface area contributed by atoms with E-state index < -0.39 is 21.3 Å². The molecule has 0 radical (unpaired) electrons. The molecule has 102 valence electrons. The molecule has 2 rings (SSSR count). The molecule has 2 aromatic rings. The van der Waals surface area contributed by atoms with E-state index in [4.69, 9.17) is 5.73 Å². The van der Waals surface area contributed by atoms with Crippen molar-refractivity contribution in [1.29, 1.82) is 0 Å². The molecule has 1 aromatic heterocycles. The molecular weight excluding hydrogens is 387 g/mol. The lowest BCUT2D eigenvalue weighted by atomic mass is 10.2. The number of nitrogens with two attached hydrogens (primary N) is 1. The molecule has 0 unspecified atom stereocenters. The van der Waals surface area contributed by atoms with E-state index in [0.717, 1.165) is 6.26 Å². The van der Waals surface area contributed by atoms with Crippen LogP contribution in [0.5, 0.6) is 0 Å². The normalized spacial score (nSPS) is 11.7. The van der Waals surface area contributed by atoms with Gasteiger partial charge >= 0.3 is 5.69 Å². The third-order valence-corrected chi connectivity index (χ3v) is 3.72. The Labute approximate surface area is 120 Å². The van der Waals surface area contributed by atoms with E-state index in [1.807, 2.05) is 27.4 Å². The number of fused-ring (bicyclic) bond motifs is 1. The van der Waals surface area contributed by atoms with E-state index in [2.05, 4.69) is 4.98 Å². The Bertz CT molecular complexity index is 883. The zero-order valence-electron chi connectivity index (χ0n) is 9.60. The molecule has 0 amide bonds. The summed E-state index contributed by atoms with van der Waals surface area (Å²) < 4.78 is 23.3. The lowest BCUT2D eigenvalue weighted by Gasteiger charge is -2.08. The summed E-state index contributed by atoms with van der Waals surface area (Å²) in [5.41, 5.74) is 4.68. The molecular formula is C9H9IN4O4S. The van der Waals surface area contributed by atoms with Crippen LogP contribution in [0.1, 0.15) is 0 Å². The zero-order valence-corrected chi connectivity index (χ0v) is 12.6. The number of sulfonamides is 1. The van der Waals surface area contributed by atoms with Crippen molar-refractivity contribution in [2.75, 3.05) is 16.8 Å². The molecule has 4 N–H and O–H groups in total. The molecule has 0 fully saturated rings. The first-order valence-corrected chi connectivity index (χ1v) is 7.88. The molecule has 10 heteroatoms. The highest BCUT2D eigenvalue weighted by molar-refractivity contribution is 14.1. The molecule has 1 heterocycles. The molecule has 0 saturated heterocycles. The molecule has 0 bridgehead atoms. The van der Waals surface area contributed by atoms with E-state index >= 15 is 0 Å². The van der Waals surface area contributed by atoms with Gasteiger partial charge in [-0.25, -0.2) is 18.0 Å². The number of rotatable bonds is 2. The van der Waals surface area contributed by atoms with Crippen LogP contribution in [-0.4, -0.2) is 24.3 Å². The van der Waals surface area contributed by atoms with Gasteiger partial charge in [-0.05, 0) is 34.7 Å². The number of nitrogens with one attached hydrogen (secondary N) is 2. The summed E-state index contributed by atoms with van der Waals surface area (Å²) in [5, 5.41) is 0.119. The molecule has 8 nitrogen and oxygen atoms in total. The van der Waals surface area contributed by atoms with Gasteiger partial charge in [-0.1, -0.05) is 0 Å². The molecule has 0 aliphatic carbocycles. The van der Waals surface area contributed by atoms with Crippen LogP contribution < -0.4 is 21.8 Å². The van der Waals surface area contributed by atoms with E-state index in [-0.39, 0.29) is 5.39 Å². The average Bonchev–Trinajstić information content (AvgIpc) is 2.26. The van der Waals surface area contributed by atoms with E-state index in [9.17, 15) is 18.0 Å². The lowest BCUT2D eigenvalue weighted by Crippen LogP contribution is -2.43. The van der Waals surface area contributed by atoms with Crippen molar-refractivity contribution in [2.24, 2.45) is 0 Å². The third-order valence-electron chi connectivity index (χ3n) is 2.27. The predicted octanol–water partition coefficient (Wildman–Crippen LogP) is -0.620. The summed E-state index contributed by atoms with van der Waals surface area (Å²) in [6, 6.07) is 2.93. The summed E-state index contributed by atoms with van der Waals surface area (Å²) in [6.45, 7) is 0. The fraction of sp³-hybridized carbons (Fsp3) is 0.111. The minimum Gasteiger partial charge on any atom is -0.398 e. The molecule has 19 heavy (non-hydrogen) atoms. The highest BCUT2D eigenvalue weighted by Gasteiger charge is 2.12. The van der Waals surface area contributed by atoms with Gasteiger partial charge in [0.05, 0.1) is 17.2 Å². The lowest BCUT2D eigenvalue weighted by molar-refractivity contribution is 0.598. The Hall–Kier alpha value is -1.56. The molecule has 1 aromatic carbocycles. The van der Waals surface area contributed by atoms with Gasteiger partial charge in [0.15, 0.2) is 0 Å². The van der Waals surface area contributed by atoms with Gasteiger partial charge in [-0.3, -0.25) is 4.79 Å². The van der Waals surface area contributed by atoms with Crippen molar-refractivity contribution in [1.82, 2.24) is 9.66 Å². The topological polar surface area (TPSA) is 127 Å². The van der Waals surface area contributed by atoms with Gasteiger partial charge in [0.2, 0.25) is 10.0 Å². The SMILES string of the molecule is CS(=O)(=O)Nn1c(=O)[nH]c2cc(I)c(N)cc2c1=O. The summed E-state index contributed by atoms with van der Waals surface area (Å²) in [5.74, 6) is 0. The predicted molar refractivity (Wildman–Crippen MR) is 80.2 cm³/mol. The monoisotopic (exact) mass is 396 g/mol. The number of hydrogen-bond acceptors (Lipinski definition) is 5. The Balaban J connectivity index is 2.86. The minimum absolute atomic E-state index is 0.119. The second-order valence-corrected chi connectivity index (χ2v) is 6.74. The highest BCUT2D eigenvalue weighted by Crippen LogP contribution is 2.18. The first kappa shape index (κ1) is 13.9. The highest BCUT2D eigenvalue weighted by atomic mass is 127. The van der Waals surface area contributed by atoms with Gasteiger partial charge in [0.1, 0.15) is 0 Å². The van der Waals surface area contributed by atoms with Crippen LogP contribution in [0, 0.1) is 3.57 Å². The van der Waals surface area contributed by atoms with Crippen LogP contribution in [-0.2, 0) is 10.0 Å². The first-order valence-electron chi connectivity index (χ1n) is 4.91. The maximum Gasteiger partial charge on any atom is 0.348 e. The molecule has 0 spiro atoms. The summed E-state index contributed by atoms with van der Waals surface area (Å²) in [4.78, 5) is 28.0. The van der Waals surface area contributed by atoms with Crippen molar-refractivity contribution >= 4 is 49.2 Å². The van der Waals surface area contributed by atoms with Crippen LogP contribution in [0.4, 0.5) is 5.69 Å². The maximum atomic E-state index is 12.0. The second-order valence-electron chi connectivity index (χ2n) is 3.85. The Morgan fingerprint density at radius 1 is 1.37 bits per heavy atom. The first-order chi connectivity index (χ1) is 8.69. The zero-order chi connectivity index (χ0) is 14.4. The van der Waals surface area contributed by atoms with Crippen molar-refractivity contribution in [3.8, 4) is 0 Å². The summed E-state index contributed by atoms with van der Waals surface area (Å²) >= 11 is 1.96. The second kappa shape index (κ2) is 4.52. The minimum atomic E-state index is -3.75. The fourth-order valence-electron chi connectivity index (χ4n) is 1.50. The summed E-state index contributed by atoms with van der Waals surface area (Å²) in [7, 11) is -3.75. The Morgan fingerprint density at radius 3 is 2.58 bits per heavy atom. The van der Waals surface area contributed by atoms with Crippen LogP contribution in [0.2, 0.25) is 0 Å². The molecule has 0 aliphatic heterocycles. The Morgan fingerprint density at radius 2 is 2.00 bits per heavy atom. The fourth-order valence-corrected chi connectivity index (χ4v) is 2.47. The standard InChI is InChI=1S/C9H9IN4O4S/c1-19(17,18)13-14-8(15)4-2-6(11)5(10)3-7(4)12-9(14)16/h2-3,13H,11H2,1H3,(H,12,16). The number of aromatic nitrogens is 2. The van der Waals surface area contributed by atoms with Gasteiger partial charge in [0, 0.05) is 9.26 Å². The van der Waals surface area contributed by atoms with E-state index in [1.165, 1.54) is 6.07 Å².